The van der Waals surface area contributed by atoms with Crippen molar-refractivity contribution in [3.63, 3.8) is 0 Å². The van der Waals surface area contributed by atoms with Crippen LogP contribution in [0.15, 0.2) is 48.5 Å². The lowest BCUT2D eigenvalue weighted by molar-refractivity contribution is -0.111. The molecule has 0 spiro atoms. The molecule has 0 aliphatic carbocycles. The van der Waals surface area contributed by atoms with Crippen LogP contribution in [0.5, 0.6) is 11.5 Å². The van der Waals surface area contributed by atoms with Gasteiger partial charge in [0.25, 0.3) is 0 Å². The fourth-order valence-corrected chi connectivity index (χ4v) is 3.34. The van der Waals surface area contributed by atoms with Crippen molar-refractivity contribution in [3.8, 4) is 11.5 Å². The molecule has 1 amide bonds. The van der Waals surface area contributed by atoms with E-state index in [4.69, 9.17) is 9.47 Å². The van der Waals surface area contributed by atoms with E-state index in [-0.39, 0.29) is 5.91 Å². The highest BCUT2D eigenvalue weighted by molar-refractivity contribution is 6.02. The van der Waals surface area contributed by atoms with Crippen LogP contribution < -0.4 is 19.7 Å². The number of carbonyl (C=O) groups is 1. The Bertz CT molecular complexity index is 885. The number of likely N-dealkylation sites (N-methyl/N-ethyl adjacent to an activating group) is 1. The Labute approximate surface area is 185 Å². The largest absolute Gasteiger partial charge is 0.493 e. The van der Waals surface area contributed by atoms with E-state index in [0.717, 1.165) is 37.4 Å². The van der Waals surface area contributed by atoms with Gasteiger partial charge in [-0.05, 0) is 61.0 Å². The lowest BCUT2D eigenvalue weighted by atomic mass is 10.1. The molecule has 166 valence electrons. The fourth-order valence-electron chi connectivity index (χ4n) is 3.34. The monoisotopic (exact) mass is 423 g/mol. The van der Waals surface area contributed by atoms with Crippen LogP contribution in [0.4, 0.5) is 11.4 Å². The van der Waals surface area contributed by atoms with Gasteiger partial charge < -0.3 is 24.6 Å². The minimum Gasteiger partial charge on any atom is -0.493 e. The van der Waals surface area contributed by atoms with E-state index < -0.39 is 0 Å². The summed E-state index contributed by atoms with van der Waals surface area (Å²) in [5, 5.41) is 2.91. The molecule has 1 aliphatic rings. The third-order valence-electron chi connectivity index (χ3n) is 5.19. The molecule has 6 heteroatoms. The topological polar surface area (TPSA) is 54.0 Å². The smallest absolute Gasteiger partial charge is 0.248 e. The predicted molar refractivity (Wildman–Crippen MR) is 127 cm³/mol. The molecule has 0 atom stereocenters. The second kappa shape index (κ2) is 10.9. The molecule has 0 aromatic heterocycles. The molecule has 1 heterocycles. The summed E-state index contributed by atoms with van der Waals surface area (Å²) in [6, 6.07) is 13.7. The molecular weight excluding hydrogens is 390 g/mol. The van der Waals surface area contributed by atoms with Gasteiger partial charge in [-0.15, -0.1) is 0 Å². The highest BCUT2D eigenvalue weighted by Crippen LogP contribution is 2.29. The molecule has 1 fully saturated rings. The molecule has 2 aromatic carbocycles. The number of methoxy groups -OCH3 is 1. The molecule has 1 saturated heterocycles. The van der Waals surface area contributed by atoms with Crippen LogP contribution in [0, 0.1) is 5.92 Å². The molecule has 31 heavy (non-hydrogen) atoms. The van der Waals surface area contributed by atoms with Crippen LogP contribution in [0.25, 0.3) is 6.08 Å². The summed E-state index contributed by atoms with van der Waals surface area (Å²) in [6.07, 6.45) is 3.29. The van der Waals surface area contributed by atoms with Gasteiger partial charge in [-0.25, -0.2) is 0 Å². The van der Waals surface area contributed by atoms with Crippen LogP contribution in [-0.2, 0) is 4.79 Å². The van der Waals surface area contributed by atoms with Gasteiger partial charge in [-0.1, -0.05) is 19.9 Å². The van der Waals surface area contributed by atoms with E-state index >= 15 is 0 Å². The van der Waals surface area contributed by atoms with Crippen molar-refractivity contribution < 1.29 is 14.3 Å². The first kappa shape index (κ1) is 22.7. The Kier molecular flexibility index (Phi) is 7.95. The summed E-state index contributed by atoms with van der Waals surface area (Å²) in [5.74, 6) is 1.62. The van der Waals surface area contributed by atoms with Crippen molar-refractivity contribution in [2.45, 2.75) is 13.8 Å². The lowest BCUT2D eigenvalue weighted by Gasteiger charge is -2.34. The average molecular weight is 424 g/mol. The predicted octanol–water partition coefficient (Wildman–Crippen LogP) is 4.13. The lowest BCUT2D eigenvalue weighted by Crippen LogP contribution is -2.44. The maximum atomic E-state index is 12.3. The van der Waals surface area contributed by atoms with Crippen molar-refractivity contribution in [1.82, 2.24) is 4.90 Å². The van der Waals surface area contributed by atoms with Crippen molar-refractivity contribution in [2.75, 3.05) is 57.2 Å². The number of anilines is 2. The summed E-state index contributed by atoms with van der Waals surface area (Å²) in [5.41, 5.74) is 2.84. The van der Waals surface area contributed by atoms with Crippen LogP contribution >= 0.6 is 0 Å². The van der Waals surface area contributed by atoms with E-state index in [1.807, 2.05) is 30.3 Å². The third kappa shape index (κ3) is 6.76. The van der Waals surface area contributed by atoms with Crippen molar-refractivity contribution in [2.24, 2.45) is 5.92 Å². The second-order valence-corrected chi connectivity index (χ2v) is 8.27. The molecule has 3 rings (SSSR count). The molecule has 0 saturated carbocycles. The average Bonchev–Trinajstić information content (AvgIpc) is 2.77. The van der Waals surface area contributed by atoms with E-state index in [1.54, 1.807) is 13.2 Å². The Morgan fingerprint density at radius 3 is 2.42 bits per heavy atom. The zero-order valence-corrected chi connectivity index (χ0v) is 18.9. The van der Waals surface area contributed by atoms with Gasteiger partial charge in [0, 0.05) is 43.6 Å². The van der Waals surface area contributed by atoms with E-state index in [2.05, 4.69) is 48.1 Å². The summed E-state index contributed by atoms with van der Waals surface area (Å²) >= 11 is 0. The molecular formula is C25H33N3O3. The fraction of sp³-hybridized carbons (Fsp3) is 0.400. The maximum Gasteiger partial charge on any atom is 0.248 e. The van der Waals surface area contributed by atoms with Gasteiger partial charge in [0.05, 0.1) is 13.7 Å². The van der Waals surface area contributed by atoms with Crippen molar-refractivity contribution in [1.29, 1.82) is 0 Å². The summed E-state index contributed by atoms with van der Waals surface area (Å²) in [6.45, 7) is 9.01. The quantitative estimate of drug-likeness (QED) is 0.647. The Morgan fingerprint density at radius 2 is 1.77 bits per heavy atom. The number of nitrogens with zero attached hydrogens (tertiary/aromatic N) is 2. The number of ether oxygens (including phenoxy) is 2. The maximum absolute atomic E-state index is 12.3. The first-order valence-corrected chi connectivity index (χ1v) is 10.8. The SMILES string of the molecule is COc1cc(/C=C/C(=O)Nc2ccc(N3CCN(C)CC3)cc2)ccc1OCC(C)C. The molecule has 2 aromatic rings. The number of amides is 1. The Balaban J connectivity index is 1.56. The number of nitrogens with one attached hydrogen (secondary N) is 1. The van der Waals surface area contributed by atoms with Crippen LogP contribution in [0.3, 0.4) is 0 Å². The molecule has 6 nitrogen and oxygen atoms in total. The van der Waals surface area contributed by atoms with E-state index in [1.165, 1.54) is 11.8 Å². The number of hydrogen-bond donors (Lipinski definition) is 1. The molecule has 0 radical (unpaired) electrons. The zero-order valence-electron chi connectivity index (χ0n) is 18.9. The van der Waals surface area contributed by atoms with Gasteiger partial charge in [0.1, 0.15) is 0 Å². The van der Waals surface area contributed by atoms with E-state index in [9.17, 15) is 4.79 Å². The standard InChI is InChI=1S/C25H33N3O3/c1-19(2)18-31-23-11-5-20(17-24(23)30-4)6-12-25(29)26-21-7-9-22(10-8-21)28-15-13-27(3)14-16-28/h5-12,17,19H,13-16,18H2,1-4H3,(H,26,29)/b12-6+. The third-order valence-corrected chi connectivity index (χ3v) is 5.19. The van der Waals surface area contributed by atoms with Gasteiger partial charge in [-0.3, -0.25) is 4.79 Å². The first-order chi connectivity index (χ1) is 14.9. The second-order valence-electron chi connectivity index (χ2n) is 8.27. The zero-order chi connectivity index (χ0) is 22.2. The number of hydrogen-bond acceptors (Lipinski definition) is 5. The highest BCUT2D eigenvalue weighted by Gasteiger charge is 2.14. The summed E-state index contributed by atoms with van der Waals surface area (Å²) < 4.78 is 11.2. The Hall–Kier alpha value is -2.99. The minimum atomic E-state index is -0.175. The van der Waals surface area contributed by atoms with Crippen LogP contribution in [-0.4, -0.2) is 57.8 Å². The highest BCUT2D eigenvalue weighted by atomic mass is 16.5. The van der Waals surface area contributed by atoms with E-state index in [0.29, 0.717) is 24.0 Å². The van der Waals surface area contributed by atoms with Gasteiger partial charge in [0.15, 0.2) is 11.5 Å². The summed E-state index contributed by atoms with van der Waals surface area (Å²) in [4.78, 5) is 17.0. The first-order valence-electron chi connectivity index (χ1n) is 10.8. The number of carbonyl (C=O) groups excluding carboxylic acids is 1. The number of benzene rings is 2. The number of piperazine rings is 1. The molecule has 0 unspecified atom stereocenters. The van der Waals surface area contributed by atoms with Gasteiger partial charge in [-0.2, -0.15) is 0 Å². The van der Waals surface area contributed by atoms with Crippen molar-refractivity contribution >= 4 is 23.4 Å². The molecule has 1 N–H and O–H groups in total. The summed E-state index contributed by atoms with van der Waals surface area (Å²) in [7, 11) is 3.76. The Morgan fingerprint density at radius 1 is 1.06 bits per heavy atom. The number of rotatable bonds is 8. The van der Waals surface area contributed by atoms with Gasteiger partial charge in [0.2, 0.25) is 5.91 Å². The van der Waals surface area contributed by atoms with Gasteiger partial charge >= 0.3 is 0 Å². The van der Waals surface area contributed by atoms with Crippen LogP contribution in [0.2, 0.25) is 0 Å². The minimum absolute atomic E-state index is 0.175. The van der Waals surface area contributed by atoms with Crippen LogP contribution in [0.1, 0.15) is 19.4 Å². The van der Waals surface area contributed by atoms with Crippen molar-refractivity contribution in [3.05, 3.63) is 54.1 Å². The normalized spacial score (nSPS) is 14.8. The molecule has 1 aliphatic heterocycles. The molecule has 0 bridgehead atoms.